The first-order valence-electron chi connectivity index (χ1n) is 11.2. The fraction of sp³-hybridized carbons (Fsp3) is 0.500. The molecule has 0 aliphatic rings. The Morgan fingerprint density at radius 2 is 0.633 bits per heavy atom. The van der Waals surface area contributed by atoms with Crippen molar-refractivity contribution < 1.29 is 0 Å². The maximum atomic E-state index is 6.36. The lowest BCUT2D eigenvalue weighted by molar-refractivity contribution is 1.68. The van der Waals surface area contributed by atoms with E-state index in [0.29, 0.717) is 0 Å². The van der Waals surface area contributed by atoms with E-state index in [2.05, 4.69) is 115 Å². The first-order chi connectivity index (χ1) is 13.3. The van der Waals surface area contributed by atoms with E-state index in [1.54, 1.807) is 20.7 Å². The predicted molar refractivity (Wildman–Crippen MR) is 160 cm³/mol. The summed E-state index contributed by atoms with van der Waals surface area (Å²) >= 11 is 6.36. The van der Waals surface area contributed by atoms with Gasteiger partial charge in [0.15, 0.2) is 0 Å². The van der Waals surface area contributed by atoms with Crippen molar-refractivity contribution in [2.45, 2.75) is 78.6 Å². The molecule has 30 heavy (non-hydrogen) atoms. The highest BCUT2D eigenvalue weighted by Gasteiger charge is 2.26. The van der Waals surface area contributed by atoms with Crippen molar-refractivity contribution in [3.05, 3.63) is 36.4 Å². The minimum absolute atomic E-state index is 1.20. The minimum Gasteiger partial charge on any atom is -0.0910 e. The Kier molecular flexibility index (Phi) is 7.62. The molecule has 0 N–H and O–H groups in total. The van der Waals surface area contributed by atoms with Crippen LogP contribution in [0.4, 0.5) is 0 Å². The zero-order valence-corrected chi connectivity index (χ0v) is 27.2. The molecule has 166 valence electrons. The normalized spacial score (nSPS) is 13.8. The van der Waals surface area contributed by atoms with E-state index in [-0.39, 0.29) is 0 Å². The zero-order chi connectivity index (χ0) is 23.3. The molecule has 6 heteroatoms. The Balaban J connectivity index is 2.73. The third-order valence-electron chi connectivity index (χ3n) is 5.85. The molecule has 0 unspecified atom stereocenters. The van der Waals surface area contributed by atoms with Gasteiger partial charge in [-0.3, -0.25) is 0 Å². The summed E-state index contributed by atoms with van der Waals surface area (Å²) in [6.45, 7) is 28.4. The zero-order valence-electron chi connectivity index (χ0n) is 21.4. The molecule has 0 atom stereocenters. The van der Waals surface area contributed by atoms with Crippen LogP contribution in [0.1, 0.15) is 0 Å². The second-order valence-corrected chi connectivity index (χ2v) is 36.3. The van der Waals surface area contributed by atoms with E-state index in [1.807, 2.05) is 0 Å². The molecule has 0 amide bonds. The van der Waals surface area contributed by atoms with E-state index in [0.717, 1.165) is 0 Å². The molecule has 0 nitrogen and oxygen atoms in total. The van der Waals surface area contributed by atoms with Crippen molar-refractivity contribution in [3.8, 4) is 0 Å². The van der Waals surface area contributed by atoms with Crippen molar-refractivity contribution in [1.29, 1.82) is 0 Å². The largest absolute Gasteiger partial charge is 0.0910 e. The average molecular weight is 507 g/mol. The second-order valence-electron chi connectivity index (χ2n) is 12.9. The molecule has 0 fully saturated rings. The topological polar surface area (TPSA) is 0 Å². The van der Waals surface area contributed by atoms with Gasteiger partial charge in [-0.25, -0.2) is 0 Å². The van der Waals surface area contributed by atoms with Crippen LogP contribution in [0.5, 0.6) is 0 Å². The number of rotatable bonds is 6. The lowest BCUT2D eigenvalue weighted by Gasteiger charge is -2.26. The van der Waals surface area contributed by atoms with Crippen LogP contribution in [0.2, 0.25) is 78.6 Å². The van der Waals surface area contributed by atoms with E-state index < -0.39 is 39.0 Å². The Hall–Kier alpha value is -0.0425. The standard InChI is InChI=1S/C24H43PSSi4/c1-27(2,3)21-13-19(14-22(17-21)28(4,5)6)25(26)20-15-23(29(7,8)9)18-24(16-20)30(10,11)12/h13-18,25H,1-12H3. The molecular formula is C24H43PSSi4. The van der Waals surface area contributed by atoms with Crippen LogP contribution in [0.15, 0.2) is 36.4 Å². The number of hydrogen-bond acceptors (Lipinski definition) is 1. The molecule has 2 aromatic carbocycles. The highest BCUT2D eigenvalue weighted by molar-refractivity contribution is 8.12. The van der Waals surface area contributed by atoms with Crippen LogP contribution < -0.4 is 31.4 Å². The molecule has 0 saturated carbocycles. The maximum absolute atomic E-state index is 6.36. The van der Waals surface area contributed by atoms with Gasteiger partial charge in [-0.2, -0.15) is 0 Å². The first-order valence-corrected chi connectivity index (χ1v) is 27.8. The molecular weight excluding hydrogens is 464 g/mol. The maximum Gasteiger partial charge on any atom is 0.0776 e. The third kappa shape index (κ3) is 6.49. The number of benzene rings is 2. The van der Waals surface area contributed by atoms with Crippen molar-refractivity contribution in [3.63, 3.8) is 0 Å². The quantitative estimate of drug-likeness (QED) is 0.411. The van der Waals surface area contributed by atoms with Gasteiger partial charge in [0, 0.05) is 0 Å². The molecule has 0 heterocycles. The Labute approximate surface area is 196 Å². The van der Waals surface area contributed by atoms with Gasteiger partial charge in [-0.1, -0.05) is 148 Å². The second kappa shape index (κ2) is 8.72. The summed E-state index contributed by atoms with van der Waals surface area (Å²) < 4.78 is 0. The molecule has 0 radical (unpaired) electrons. The summed E-state index contributed by atoms with van der Waals surface area (Å²) in [4.78, 5) is 0. The van der Waals surface area contributed by atoms with Crippen molar-refractivity contribution in [1.82, 2.24) is 0 Å². The summed E-state index contributed by atoms with van der Waals surface area (Å²) in [5.74, 6) is 0. The van der Waals surface area contributed by atoms with Crippen molar-refractivity contribution >= 4 is 82.2 Å². The molecule has 2 rings (SSSR count). The highest BCUT2D eigenvalue weighted by atomic mass is 32.4. The van der Waals surface area contributed by atoms with Gasteiger partial charge in [0.05, 0.1) is 32.3 Å². The van der Waals surface area contributed by atoms with E-state index in [9.17, 15) is 0 Å². The Morgan fingerprint density at radius 1 is 0.433 bits per heavy atom. The Morgan fingerprint density at radius 3 is 0.800 bits per heavy atom. The smallest absolute Gasteiger partial charge is 0.0776 e. The summed E-state index contributed by atoms with van der Waals surface area (Å²) in [6.07, 6.45) is 0. The van der Waals surface area contributed by atoms with E-state index in [4.69, 9.17) is 11.8 Å². The van der Waals surface area contributed by atoms with Gasteiger partial charge in [0.25, 0.3) is 0 Å². The number of hydrogen-bond donors (Lipinski definition) is 0. The van der Waals surface area contributed by atoms with Gasteiger partial charge in [-0.15, -0.1) is 0 Å². The van der Waals surface area contributed by atoms with Crippen LogP contribution >= 0.6 is 6.70 Å². The van der Waals surface area contributed by atoms with E-state index in [1.165, 1.54) is 10.6 Å². The van der Waals surface area contributed by atoms with Gasteiger partial charge < -0.3 is 0 Å². The minimum atomic E-state index is -1.40. The van der Waals surface area contributed by atoms with Crippen LogP contribution in [-0.2, 0) is 11.8 Å². The van der Waals surface area contributed by atoms with Gasteiger partial charge in [0.2, 0.25) is 0 Å². The summed E-state index contributed by atoms with van der Waals surface area (Å²) in [6, 6.07) is 15.0. The first kappa shape index (κ1) is 26.2. The fourth-order valence-electron chi connectivity index (χ4n) is 3.42. The van der Waals surface area contributed by atoms with Crippen LogP contribution in [0, 0.1) is 0 Å². The Bertz CT molecular complexity index is 813. The molecule has 2 aromatic rings. The van der Waals surface area contributed by atoms with Gasteiger partial charge >= 0.3 is 0 Å². The summed E-state index contributed by atoms with van der Waals surface area (Å²) in [5, 5.41) is 9.21. The van der Waals surface area contributed by atoms with Crippen LogP contribution in [0.25, 0.3) is 0 Å². The van der Waals surface area contributed by atoms with Crippen molar-refractivity contribution in [2.75, 3.05) is 0 Å². The van der Waals surface area contributed by atoms with Crippen molar-refractivity contribution in [2.24, 2.45) is 0 Å². The fourth-order valence-corrected chi connectivity index (χ4v) is 11.2. The lowest BCUT2D eigenvalue weighted by atomic mass is 10.3. The van der Waals surface area contributed by atoms with E-state index >= 15 is 0 Å². The molecule has 0 bridgehead atoms. The monoisotopic (exact) mass is 506 g/mol. The third-order valence-corrected chi connectivity index (χ3v) is 17.0. The molecule has 0 saturated heterocycles. The molecule has 0 aliphatic carbocycles. The van der Waals surface area contributed by atoms with Crippen LogP contribution in [0.3, 0.4) is 0 Å². The average Bonchev–Trinajstić information content (AvgIpc) is 2.57. The molecule has 0 spiro atoms. The van der Waals surface area contributed by atoms with Crippen LogP contribution in [-0.4, -0.2) is 32.3 Å². The van der Waals surface area contributed by atoms with Gasteiger partial charge in [0.1, 0.15) is 0 Å². The predicted octanol–water partition coefficient (Wildman–Crippen LogP) is 4.49. The summed E-state index contributed by atoms with van der Waals surface area (Å²) in [7, 11) is -5.59. The lowest BCUT2D eigenvalue weighted by Crippen LogP contribution is -2.48. The SMILES string of the molecule is C[Si](C)(C)c1cc([PH](=S)c2cc([Si](C)(C)C)cc([Si](C)(C)C)c2)cc([Si](C)(C)C)c1. The van der Waals surface area contributed by atoms with Gasteiger partial charge in [-0.05, 0) is 17.3 Å². The molecule has 0 aliphatic heterocycles. The highest BCUT2D eigenvalue weighted by Crippen LogP contribution is 2.21. The molecule has 0 aromatic heterocycles. The summed E-state index contributed by atoms with van der Waals surface area (Å²) in [5.41, 5.74) is 0.